The minimum atomic E-state index is -1.31. The van der Waals surface area contributed by atoms with Crippen LogP contribution in [0.5, 0.6) is 0 Å². The molecule has 1 heterocycles. The number of hydrogen-bond donors (Lipinski definition) is 0. The van der Waals surface area contributed by atoms with Crippen molar-refractivity contribution in [3.05, 3.63) is 0 Å². The molecule has 0 aromatic carbocycles. The lowest BCUT2D eigenvalue weighted by Crippen LogP contribution is -2.36. The Balaban J connectivity index is 2.46. The highest BCUT2D eigenvalue weighted by Crippen LogP contribution is 2.38. The van der Waals surface area contributed by atoms with Gasteiger partial charge in [0.05, 0.1) is 0 Å². The van der Waals surface area contributed by atoms with E-state index in [-0.39, 0.29) is 5.78 Å². The topological polar surface area (TPSA) is 54.5 Å². The van der Waals surface area contributed by atoms with Crippen molar-refractivity contribution in [3.8, 4) is 0 Å². The highest BCUT2D eigenvalue weighted by Gasteiger charge is 2.74. The number of carbonyl (C=O) groups is 3. The molecule has 1 aliphatic carbocycles. The van der Waals surface area contributed by atoms with Crippen molar-refractivity contribution in [2.75, 3.05) is 13.6 Å². The minimum absolute atomic E-state index is 0.227. The molecule has 0 aromatic heterocycles. The third-order valence-electron chi connectivity index (χ3n) is 2.45. The minimum Gasteiger partial charge on any atom is -0.296 e. The predicted molar refractivity (Wildman–Crippen MR) is 35.0 cm³/mol. The van der Waals surface area contributed by atoms with Gasteiger partial charge in [-0.2, -0.15) is 0 Å². The molecule has 0 atom stereocenters. The van der Waals surface area contributed by atoms with Gasteiger partial charge in [-0.25, -0.2) is 0 Å². The van der Waals surface area contributed by atoms with E-state index in [0.717, 1.165) is 0 Å². The van der Waals surface area contributed by atoms with Crippen LogP contribution in [0.4, 0.5) is 0 Å². The van der Waals surface area contributed by atoms with E-state index in [1.54, 1.807) is 11.9 Å². The van der Waals surface area contributed by atoms with Gasteiger partial charge in [0.15, 0.2) is 5.78 Å². The van der Waals surface area contributed by atoms with Crippen LogP contribution in [0.25, 0.3) is 0 Å². The number of nitrogens with zero attached hydrogens (tertiary/aromatic N) is 1. The van der Waals surface area contributed by atoms with Crippen LogP contribution in [0, 0.1) is 0 Å². The normalized spacial score (nSPS) is 28.6. The second-order valence-electron chi connectivity index (χ2n) is 2.96. The van der Waals surface area contributed by atoms with Gasteiger partial charge in [0, 0.05) is 13.0 Å². The summed E-state index contributed by atoms with van der Waals surface area (Å²) >= 11 is 0. The fraction of sp³-hybridized carbons (Fsp3) is 0.571. The third kappa shape index (κ3) is 0.485. The van der Waals surface area contributed by atoms with Crippen molar-refractivity contribution < 1.29 is 14.4 Å². The van der Waals surface area contributed by atoms with Gasteiger partial charge in [0.1, 0.15) is 0 Å². The summed E-state index contributed by atoms with van der Waals surface area (Å²) in [5.41, 5.74) is -1.31. The molecule has 0 radical (unpaired) electrons. The molecule has 2 aliphatic rings. The number of carbonyl (C=O) groups excluding carboxylic acids is 3. The molecule has 0 N–H and O–H groups in total. The van der Waals surface area contributed by atoms with Crippen molar-refractivity contribution >= 4 is 17.3 Å². The van der Waals surface area contributed by atoms with Crippen molar-refractivity contribution in [1.82, 2.24) is 4.90 Å². The Bertz CT molecular complexity index is 267. The summed E-state index contributed by atoms with van der Waals surface area (Å²) in [5.74, 6) is -1.28. The van der Waals surface area contributed by atoms with E-state index in [9.17, 15) is 14.4 Å². The predicted octanol–water partition coefficient (Wildman–Crippen LogP) is -1.22. The maximum Gasteiger partial charge on any atom is 0.237 e. The molecule has 1 spiro atoms. The van der Waals surface area contributed by atoms with E-state index in [1.807, 2.05) is 0 Å². The summed E-state index contributed by atoms with van der Waals surface area (Å²) in [5, 5.41) is 0. The van der Waals surface area contributed by atoms with Gasteiger partial charge in [0.2, 0.25) is 17.1 Å². The zero-order valence-corrected chi connectivity index (χ0v) is 6.09. The Morgan fingerprint density at radius 2 is 1.82 bits per heavy atom. The van der Waals surface area contributed by atoms with Gasteiger partial charge < -0.3 is 0 Å². The number of likely N-dealkylation sites (tertiary alicyclic amines) is 1. The Labute approximate surface area is 63.2 Å². The van der Waals surface area contributed by atoms with E-state index < -0.39 is 17.1 Å². The fourth-order valence-corrected chi connectivity index (χ4v) is 1.66. The molecule has 1 saturated carbocycles. The average Bonchev–Trinajstić information content (AvgIpc) is 2.36. The Morgan fingerprint density at radius 1 is 1.27 bits per heavy atom. The highest BCUT2D eigenvalue weighted by atomic mass is 16.2. The van der Waals surface area contributed by atoms with Crippen molar-refractivity contribution in [2.24, 2.45) is 0 Å². The second kappa shape index (κ2) is 1.58. The molecule has 2 fully saturated rings. The lowest BCUT2D eigenvalue weighted by Gasteiger charge is -2.10. The SMILES string of the molecule is CN1CCC(=O)C12C(=O)C2=O. The molecular formula is C7H7NO3. The zero-order valence-electron chi connectivity index (χ0n) is 6.09. The molecule has 0 bridgehead atoms. The van der Waals surface area contributed by atoms with E-state index in [4.69, 9.17) is 0 Å². The molecular weight excluding hydrogens is 146 g/mol. The smallest absolute Gasteiger partial charge is 0.237 e. The number of hydrogen-bond acceptors (Lipinski definition) is 4. The molecule has 0 amide bonds. The van der Waals surface area contributed by atoms with Gasteiger partial charge in [-0.15, -0.1) is 0 Å². The molecule has 4 heteroatoms. The first-order valence-corrected chi connectivity index (χ1v) is 3.45. The summed E-state index contributed by atoms with van der Waals surface area (Å²) < 4.78 is 0. The maximum atomic E-state index is 11.1. The molecule has 2 rings (SSSR count). The first-order chi connectivity index (χ1) is 5.11. The molecule has 58 valence electrons. The van der Waals surface area contributed by atoms with Crippen molar-refractivity contribution in [2.45, 2.75) is 12.0 Å². The van der Waals surface area contributed by atoms with Crippen LogP contribution in [0.1, 0.15) is 6.42 Å². The lowest BCUT2D eigenvalue weighted by molar-refractivity contribution is -0.124. The third-order valence-corrected chi connectivity index (χ3v) is 2.45. The lowest BCUT2D eigenvalue weighted by atomic mass is 10.2. The first kappa shape index (κ1) is 6.67. The van der Waals surface area contributed by atoms with E-state index in [1.165, 1.54) is 0 Å². The highest BCUT2D eigenvalue weighted by molar-refractivity contribution is 6.74. The molecule has 1 aliphatic heterocycles. The summed E-state index contributed by atoms with van der Waals surface area (Å²) in [4.78, 5) is 34.3. The van der Waals surface area contributed by atoms with Crippen LogP contribution in [0.15, 0.2) is 0 Å². The Morgan fingerprint density at radius 3 is 2.00 bits per heavy atom. The first-order valence-electron chi connectivity index (χ1n) is 3.45. The van der Waals surface area contributed by atoms with Gasteiger partial charge in [-0.05, 0) is 7.05 Å². The average molecular weight is 153 g/mol. The maximum absolute atomic E-state index is 11.1. The fourth-order valence-electron chi connectivity index (χ4n) is 1.66. The van der Waals surface area contributed by atoms with E-state index in [0.29, 0.717) is 13.0 Å². The number of Topliss-reactive ketones (excluding diaryl/α,β-unsaturated/α-hetero) is 3. The van der Waals surface area contributed by atoms with Crippen molar-refractivity contribution in [3.63, 3.8) is 0 Å². The monoisotopic (exact) mass is 153 g/mol. The quantitative estimate of drug-likeness (QED) is 0.323. The van der Waals surface area contributed by atoms with Crippen LogP contribution < -0.4 is 0 Å². The number of rotatable bonds is 0. The largest absolute Gasteiger partial charge is 0.296 e. The van der Waals surface area contributed by atoms with E-state index >= 15 is 0 Å². The van der Waals surface area contributed by atoms with Crippen LogP contribution >= 0.6 is 0 Å². The summed E-state index contributed by atoms with van der Waals surface area (Å²) in [6, 6.07) is 0. The van der Waals surface area contributed by atoms with Gasteiger partial charge in [-0.3, -0.25) is 19.3 Å². The van der Waals surface area contributed by atoms with Gasteiger partial charge in [-0.1, -0.05) is 0 Å². The van der Waals surface area contributed by atoms with E-state index in [2.05, 4.69) is 0 Å². The van der Waals surface area contributed by atoms with Crippen LogP contribution in [-0.4, -0.2) is 41.4 Å². The molecule has 1 saturated heterocycles. The Hall–Kier alpha value is -1.03. The van der Waals surface area contributed by atoms with Crippen molar-refractivity contribution in [1.29, 1.82) is 0 Å². The molecule has 0 aromatic rings. The second-order valence-corrected chi connectivity index (χ2v) is 2.96. The van der Waals surface area contributed by atoms with Gasteiger partial charge >= 0.3 is 0 Å². The molecule has 0 unspecified atom stereocenters. The zero-order chi connectivity index (χ0) is 8.22. The van der Waals surface area contributed by atoms with Crippen LogP contribution in [0.3, 0.4) is 0 Å². The number of likely N-dealkylation sites (N-methyl/N-ethyl adjacent to an activating group) is 1. The number of ketones is 3. The van der Waals surface area contributed by atoms with Crippen LogP contribution in [-0.2, 0) is 14.4 Å². The summed E-state index contributed by atoms with van der Waals surface area (Å²) in [6.07, 6.45) is 0.327. The molecule has 11 heavy (non-hydrogen) atoms. The standard InChI is InChI=1S/C7H7NO3/c1-8-3-2-4(9)7(8)5(10)6(7)11/h2-3H2,1H3. The summed E-state index contributed by atoms with van der Waals surface area (Å²) in [6.45, 7) is 0.524. The molecule has 4 nitrogen and oxygen atoms in total. The van der Waals surface area contributed by atoms with Gasteiger partial charge in [0.25, 0.3) is 0 Å². The van der Waals surface area contributed by atoms with Crippen LogP contribution in [0.2, 0.25) is 0 Å². The summed E-state index contributed by atoms with van der Waals surface area (Å²) in [7, 11) is 1.63. The Kier molecular flexibility index (Phi) is 0.960.